The molecule has 2 aliphatic rings. The van der Waals surface area contributed by atoms with Crippen molar-refractivity contribution in [1.29, 1.82) is 0 Å². The fourth-order valence-electron chi connectivity index (χ4n) is 3.70. The van der Waals surface area contributed by atoms with Crippen molar-refractivity contribution in [3.8, 4) is 11.5 Å². The number of aromatic amines is 1. The van der Waals surface area contributed by atoms with Crippen molar-refractivity contribution in [2.45, 2.75) is 45.3 Å². The van der Waals surface area contributed by atoms with Gasteiger partial charge in [-0.2, -0.15) is 0 Å². The molecule has 7 nitrogen and oxygen atoms in total. The summed E-state index contributed by atoms with van der Waals surface area (Å²) in [5.41, 5.74) is 1.27. The predicted octanol–water partition coefficient (Wildman–Crippen LogP) is 2.91. The first-order chi connectivity index (χ1) is 14.1. The molecule has 0 radical (unpaired) electrons. The number of benzene rings is 1. The Morgan fingerprint density at radius 3 is 2.90 bits per heavy atom. The largest absolute Gasteiger partial charge is 0.454 e. The topological polar surface area (TPSA) is 75.8 Å². The van der Waals surface area contributed by atoms with Crippen molar-refractivity contribution in [3.63, 3.8) is 0 Å². The summed E-state index contributed by atoms with van der Waals surface area (Å²) >= 11 is 5.64. The molecule has 4 rings (SSSR count). The average molecular weight is 418 g/mol. The van der Waals surface area contributed by atoms with E-state index in [1.807, 2.05) is 23.1 Å². The molecule has 0 bridgehead atoms. The normalized spacial score (nSPS) is 17.6. The number of ether oxygens (including phenoxy) is 3. The Morgan fingerprint density at radius 2 is 2.14 bits per heavy atom. The molecule has 1 saturated heterocycles. The van der Waals surface area contributed by atoms with Gasteiger partial charge in [0.25, 0.3) is 5.56 Å². The first-order valence-electron chi connectivity index (χ1n) is 10.2. The van der Waals surface area contributed by atoms with E-state index in [4.69, 9.17) is 26.4 Å². The standard InChI is InChI=1S/C21H27N3O4S/c1-2-3-6-22-21(29)24(12-16-5-4-7-26-16)11-15-8-14-9-18-19(28-13-27-18)10-17(14)23-20(15)25/h8-10,16H,2-7,11-13H2,1H3,(H,22,29)(H,23,25)/t16-/m1/s1. The van der Waals surface area contributed by atoms with Crippen LogP contribution in [0.25, 0.3) is 10.9 Å². The summed E-state index contributed by atoms with van der Waals surface area (Å²) < 4.78 is 16.7. The highest BCUT2D eigenvalue weighted by atomic mass is 32.1. The van der Waals surface area contributed by atoms with Crippen LogP contribution < -0.4 is 20.3 Å². The van der Waals surface area contributed by atoms with Crippen molar-refractivity contribution < 1.29 is 14.2 Å². The van der Waals surface area contributed by atoms with Crippen molar-refractivity contribution in [1.82, 2.24) is 15.2 Å². The van der Waals surface area contributed by atoms with Gasteiger partial charge in [0.05, 0.1) is 18.2 Å². The van der Waals surface area contributed by atoms with Crippen LogP contribution in [0.5, 0.6) is 11.5 Å². The number of hydrogen-bond donors (Lipinski definition) is 2. The maximum atomic E-state index is 12.7. The van der Waals surface area contributed by atoms with Crippen LogP contribution in [0.4, 0.5) is 0 Å². The minimum Gasteiger partial charge on any atom is -0.454 e. The van der Waals surface area contributed by atoms with Crippen LogP contribution in [0.15, 0.2) is 23.0 Å². The van der Waals surface area contributed by atoms with E-state index in [1.165, 1.54) is 0 Å². The van der Waals surface area contributed by atoms with E-state index >= 15 is 0 Å². The lowest BCUT2D eigenvalue weighted by Gasteiger charge is -2.28. The fourth-order valence-corrected chi connectivity index (χ4v) is 3.94. The van der Waals surface area contributed by atoms with Crippen LogP contribution in [-0.2, 0) is 11.3 Å². The molecule has 156 valence electrons. The SMILES string of the molecule is CCCCNC(=S)N(Cc1cc2cc3c(cc2[nH]c1=O)OCO3)C[C@H]1CCCO1. The van der Waals surface area contributed by atoms with Crippen molar-refractivity contribution >= 4 is 28.2 Å². The summed E-state index contributed by atoms with van der Waals surface area (Å²) in [6, 6.07) is 5.62. The molecular weight excluding hydrogens is 390 g/mol. The minimum atomic E-state index is -0.120. The molecule has 1 fully saturated rings. The van der Waals surface area contributed by atoms with E-state index in [0.29, 0.717) is 35.3 Å². The number of hydrogen-bond acceptors (Lipinski definition) is 5. The van der Waals surface area contributed by atoms with Gasteiger partial charge in [0, 0.05) is 36.7 Å². The van der Waals surface area contributed by atoms with Crippen LogP contribution in [0.2, 0.25) is 0 Å². The third-order valence-corrected chi connectivity index (χ3v) is 5.72. The highest BCUT2D eigenvalue weighted by Crippen LogP contribution is 2.35. The Bertz CT molecular complexity index is 939. The molecular formula is C21H27N3O4S. The van der Waals surface area contributed by atoms with Crippen LogP contribution in [0, 0.1) is 0 Å². The van der Waals surface area contributed by atoms with Gasteiger partial charge in [-0.05, 0) is 43.6 Å². The van der Waals surface area contributed by atoms with E-state index in [2.05, 4.69) is 17.2 Å². The fraction of sp³-hybridized carbons (Fsp3) is 0.524. The summed E-state index contributed by atoms with van der Waals surface area (Å²) in [5, 5.41) is 4.90. The molecule has 1 atom stereocenters. The number of unbranched alkanes of at least 4 members (excludes halogenated alkanes) is 1. The molecule has 8 heteroatoms. The summed E-state index contributed by atoms with van der Waals surface area (Å²) in [4.78, 5) is 17.8. The van der Waals surface area contributed by atoms with Gasteiger partial charge < -0.3 is 29.4 Å². The Kier molecular flexibility index (Phi) is 6.20. The Labute approximate surface area is 175 Å². The van der Waals surface area contributed by atoms with Gasteiger partial charge in [-0.15, -0.1) is 0 Å². The van der Waals surface area contributed by atoms with Crippen molar-refractivity contribution in [2.75, 3.05) is 26.5 Å². The molecule has 0 aliphatic carbocycles. The average Bonchev–Trinajstić information content (AvgIpc) is 3.38. The maximum absolute atomic E-state index is 12.7. The van der Waals surface area contributed by atoms with Gasteiger partial charge in [0.15, 0.2) is 16.6 Å². The summed E-state index contributed by atoms with van der Waals surface area (Å²) in [6.45, 7) is 5.08. The van der Waals surface area contributed by atoms with Gasteiger partial charge in [-0.1, -0.05) is 13.3 Å². The molecule has 0 unspecified atom stereocenters. The molecule has 0 saturated carbocycles. The van der Waals surface area contributed by atoms with Crippen LogP contribution in [0.1, 0.15) is 38.2 Å². The van der Waals surface area contributed by atoms with E-state index in [-0.39, 0.29) is 18.5 Å². The quantitative estimate of drug-likeness (QED) is 0.530. The van der Waals surface area contributed by atoms with Gasteiger partial charge in [-0.3, -0.25) is 4.79 Å². The third-order valence-electron chi connectivity index (χ3n) is 5.32. The van der Waals surface area contributed by atoms with E-state index in [0.717, 1.165) is 49.7 Å². The monoisotopic (exact) mass is 417 g/mol. The number of aromatic nitrogens is 1. The first kappa shape index (κ1) is 20.0. The number of nitrogens with zero attached hydrogens (tertiary/aromatic N) is 1. The number of H-pyrrole nitrogens is 1. The van der Waals surface area contributed by atoms with Gasteiger partial charge in [0.2, 0.25) is 6.79 Å². The van der Waals surface area contributed by atoms with Crippen molar-refractivity contribution in [2.24, 2.45) is 0 Å². The summed E-state index contributed by atoms with van der Waals surface area (Å²) in [5.74, 6) is 1.35. The molecule has 3 heterocycles. The van der Waals surface area contributed by atoms with Crippen LogP contribution in [-0.4, -0.2) is 47.6 Å². The zero-order chi connectivity index (χ0) is 20.2. The maximum Gasteiger partial charge on any atom is 0.253 e. The second kappa shape index (κ2) is 9.00. The number of fused-ring (bicyclic) bond motifs is 2. The number of nitrogens with one attached hydrogen (secondary N) is 2. The summed E-state index contributed by atoms with van der Waals surface area (Å²) in [6.07, 6.45) is 4.39. The van der Waals surface area contributed by atoms with Gasteiger partial charge in [-0.25, -0.2) is 0 Å². The highest BCUT2D eigenvalue weighted by molar-refractivity contribution is 7.80. The Morgan fingerprint density at radius 1 is 1.31 bits per heavy atom. The van der Waals surface area contributed by atoms with Crippen LogP contribution >= 0.6 is 12.2 Å². The number of pyridine rings is 1. The minimum absolute atomic E-state index is 0.120. The lowest BCUT2D eigenvalue weighted by Crippen LogP contribution is -2.44. The van der Waals surface area contributed by atoms with Gasteiger partial charge in [0.1, 0.15) is 0 Å². The zero-order valence-electron chi connectivity index (χ0n) is 16.7. The van der Waals surface area contributed by atoms with Crippen LogP contribution in [0.3, 0.4) is 0 Å². The summed E-state index contributed by atoms with van der Waals surface area (Å²) in [7, 11) is 0. The van der Waals surface area contributed by atoms with Gasteiger partial charge >= 0.3 is 0 Å². The zero-order valence-corrected chi connectivity index (χ0v) is 17.5. The smallest absolute Gasteiger partial charge is 0.253 e. The number of thiocarbonyl (C=S) groups is 1. The second-order valence-corrected chi connectivity index (χ2v) is 7.90. The molecule has 0 spiro atoms. The first-order valence-corrected chi connectivity index (χ1v) is 10.6. The second-order valence-electron chi connectivity index (χ2n) is 7.52. The number of rotatable bonds is 7. The Hall–Kier alpha value is -2.32. The van der Waals surface area contributed by atoms with E-state index < -0.39 is 0 Å². The van der Waals surface area contributed by atoms with E-state index in [9.17, 15) is 4.79 Å². The molecule has 0 amide bonds. The Balaban J connectivity index is 1.57. The molecule has 1 aromatic carbocycles. The highest BCUT2D eigenvalue weighted by Gasteiger charge is 2.22. The van der Waals surface area contributed by atoms with Crippen molar-refractivity contribution in [3.05, 3.63) is 34.1 Å². The third kappa shape index (κ3) is 4.64. The molecule has 29 heavy (non-hydrogen) atoms. The predicted molar refractivity (Wildman–Crippen MR) is 116 cm³/mol. The lowest BCUT2D eigenvalue weighted by molar-refractivity contribution is 0.0897. The molecule has 2 aliphatic heterocycles. The lowest BCUT2D eigenvalue weighted by atomic mass is 10.1. The van der Waals surface area contributed by atoms with E-state index in [1.54, 1.807) is 0 Å². The molecule has 2 N–H and O–H groups in total. The molecule has 2 aromatic rings. The molecule has 1 aromatic heterocycles.